The van der Waals surface area contributed by atoms with Crippen LogP contribution in [-0.4, -0.2) is 51.3 Å². The number of carbonyl (C=O) groups is 2. The number of hydrogen-bond acceptors (Lipinski definition) is 7. The minimum Gasteiger partial charge on any atom is -0.457 e. The fourth-order valence-corrected chi connectivity index (χ4v) is 4.04. The van der Waals surface area contributed by atoms with Gasteiger partial charge in [-0.3, -0.25) is 9.59 Å². The van der Waals surface area contributed by atoms with Gasteiger partial charge in [-0.15, -0.1) is 15.3 Å². The number of fused-ring (bicyclic) bond motifs is 1. The summed E-state index contributed by atoms with van der Waals surface area (Å²) >= 11 is 0. The Morgan fingerprint density at radius 3 is 2.40 bits per heavy atom. The van der Waals surface area contributed by atoms with Crippen molar-refractivity contribution in [2.45, 2.75) is 45.2 Å². The number of carbonyl (C=O) groups excluding carboxylic acids is 2. The number of ether oxygens (including phenoxy) is 1. The lowest BCUT2D eigenvalue weighted by atomic mass is 9.96. The summed E-state index contributed by atoms with van der Waals surface area (Å²) in [5.74, 6) is -1.55. The van der Waals surface area contributed by atoms with Gasteiger partial charge in [0.05, 0.1) is 5.92 Å². The number of hydrogen-bond donors (Lipinski definition) is 0. The van der Waals surface area contributed by atoms with Crippen molar-refractivity contribution in [3.05, 3.63) is 53.3 Å². The van der Waals surface area contributed by atoms with Crippen molar-refractivity contribution >= 4 is 23.2 Å². The van der Waals surface area contributed by atoms with Gasteiger partial charge in [-0.2, -0.15) is 17.7 Å². The molecular weight excluding hydrogens is 463 g/mol. The number of alkyl halides is 3. The average molecular weight is 489 g/mol. The van der Waals surface area contributed by atoms with Crippen molar-refractivity contribution < 1.29 is 27.5 Å². The quantitative estimate of drug-likeness (QED) is 0.361. The van der Waals surface area contributed by atoms with Crippen LogP contribution in [0.3, 0.4) is 0 Å². The number of rotatable bonds is 7. The summed E-state index contributed by atoms with van der Waals surface area (Å²) < 4.78 is 45.3. The largest absolute Gasteiger partial charge is 0.457 e. The van der Waals surface area contributed by atoms with Gasteiger partial charge in [-0.05, 0) is 42.9 Å². The number of benzene rings is 1. The molecule has 2 aromatic heterocycles. The van der Waals surface area contributed by atoms with E-state index in [1.165, 1.54) is 6.07 Å². The van der Waals surface area contributed by atoms with Gasteiger partial charge in [0.1, 0.15) is 5.82 Å². The molecule has 1 aliphatic heterocycles. The molecule has 3 aromatic rings. The zero-order valence-corrected chi connectivity index (χ0v) is 19.5. The molecule has 1 atom stereocenters. The highest BCUT2D eigenvalue weighted by atomic mass is 19.4. The second kappa shape index (κ2) is 10.0. The number of esters is 1. The fourth-order valence-electron chi connectivity index (χ4n) is 4.04. The molecular formula is C24H26F3N5O3. The van der Waals surface area contributed by atoms with E-state index in [2.05, 4.69) is 29.1 Å². The number of nitrogens with zero attached hydrogens (tertiary/aromatic N) is 5. The molecule has 35 heavy (non-hydrogen) atoms. The Labute approximate surface area is 200 Å². The number of ketones is 1. The van der Waals surface area contributed by atoms with Crippen molar-refractivity contribution in [2.24, 2.45) is 5.92 Å². The second-order valence-corrected chi connectivity index (χ2v) is 8.71. The minimum absolute atomic E-state index is 0.00118. The molecule has 11 heteroatoms. The highest BCUT2D eigenvalue weighted by Crippen LogP contribution is 2.29. The Morgan fingerprint density at radius 2 is 1.77 bits per heavy atom. The molecule has 1 saturated heterocycles. The van der Waals surface area contributed by atoms with Gasteiger partial charge < -0.3 is 9.64 Å². The third-order valence-electron chi connectivity index (χ3n) is 6.41. The van der Waals surface area contributed by atoms with Crippen molar-refractivity contribution in [1.82, 2.24) is 19.8 Å². The zero-order valence-electron chi connectivity index (χ0n) is 19.5. The van der Waals surface area contributed by atoms with Crippen LogP contribution in [-0.2, 0) is 15.7 Å². The molecule has 0 aliphatic carbocycles. The molecule has 1 aromatic carbocycles. The first kappa shape index (κ1) is 24.6. The lowest BCUT2D eigenvalue weighted by Gasteiger charge is -2.31. The van der Waals surface area contributed by atoms with Gasteiger partial charge in [0.15, 0.2) is 18.0 Å². The van der Waals surface area contributed by atoms with Crippen LogP contribution >= 0.6 is 0 Å². The number of halogens is 3. The molecule has 8 nitrogen and oxygen atoms in total. The van der Waals surface area contributed by atoms with E-state index in [1.807, 2.05) is 12.1 Å². The van der Waals surface area contributed by atoms with E-state index in [9.17, 15) is 22.8 Å². The van der Waals surface area contributed by atoms with Crippen LogP contribution in [0.4, 0.5) is 19.0 Å². The van der Waals surface area contributed by atoms with E-state index in [0.717, 1.165) is 12.0 Å². The van der Waals surface area contributed by atoms with Crippen LogP contribution in [0.1, 0.15) is 60.8 Å². The van der Waals surface area contributed by atoms with Gasteiger partial charge in [0.2, 0.25) is 0 Å². The summed E-state index contributed by atoms with van der Waals surface area (Å²) in [6.45, 7) is 4.71. The molecule has 0 saturated carbocycles. The van der Waals surface area contributed by atoms with Crippen LogP contribution in [0.2, 0.25) is 0 Å². The highest BCUT2D eigenvalue weighted by molar-refractivity contribution is 5.98. The van der Waals surface area contributed by atoms with Crippen LogP contribution in [0.5, 0.6) is 0 Å². The van der Waals surface area contributed by atoms with Gasteiger partial charge in [0, 0.05) is 18.7 Å². The van der Waals surface area contributed by atoms with E-state index < -0.39 is 23.9 Å². The van der Waals surface area contributed by atoms with E-state index in [0.29, 0.717) is 47.7 Å². The summed E-state index contributed by atoms with van der Waals surface area (Å²) in [6.07, 6.45) is -2.80. The van der Waals surface area contributed by atoms with Crippen LogP contribution in [0.25, 0.3) is 5.65 Å². The van der Waals surface area contributed by atoms with Crippen molar-refractivity contribution in [2.75, 3.05) is 24.6 Å². The molecule has 4 rings (SSSR count). The average Bonchev–Trinajstić information content (AvgIpc) is 3.31. The molecule has 0 spiro atoms. The van der Waals surface area contributed by atoms with Crippen LogP contribution in [0, 0.1) is 5.92 Å². The first-order valence-electron chi connectivity index (χ1n) is 11.5. The number of aromatic nitrogens is 4. The second-order valence-electron chi connectivity index (χ2n) is 8.71. The Morgan fingerprint density at radius 1 is 1.09 bits per heavy atom. The summed E-state index contributed by atoms with van der Waals surface area (Å²) in [5.41, 5.74) is 1.65. The lowest BCUT2D eigenvalue weighted by molar-refractivity contribution is -0.148. The fraction of sp³-hybridized carbons (Fsp3) is 0.458. The minimum atomic E-state index is -4.67. The number of anilines is 1. The number of piperidine rings is 1. The maximum Gasteiger partial charge on any atom is 0.453 e. The third kappa shape index (κ3) is 5.44. The molecule has 0 radical (unpaired) electrons. The SMILES string of the molecule is CC[C@H](C)c1ccc(C(=O)COC(=O)C2CCN(c3ccc4nnc(C(F)(F)F)n4n3)CC2)cc1. The molecule has 0 bridgehead atoms. The van der Waals surface area contributed by atoms with Gasteiger partial charge in [0.25, 0.3) is 5.82 Å². The maximum atomic E-state index is 13.1. The van der Waals surface area contributed by atoms with Gasteiger partial charge in [-0.25, -0.2) is 0 Å². The van der Waals surface area contributed by atoms with E-state index >= 15 is 0 Å². The van der Waals surface area contributed by atoms with Gasteiger partial charge >= 0.3 is 12.1 Å². The first-order chi connectivity index (χ1) is 16.7. The van der Waals surface area contributed by atoms with E-state index in [4.69, 9.17) is 4.74 Å². The molecule has 0 unspecified atom stereocenters. The van der Waals surface area contributed by atoms with Gasteiger partial charge in [-0.1, -0.05) is 38.1 Å². The molecule has 0 N–H and O–H groups in total. The Hall–Kier alpha value is -3.50. The van der Waals surface area contributed by atoms with Crippen LogP contribution < -0.4 is 4.90 Å². The summed E-state index contributed by atoms with van der Waals surface area (Å²) in [5, 5.41) is 10.7. The van der Waals surface area contributed by atoms with Crippen molar-refractivity contribution in [3.63, 3.8) is 0 Å². The Balaban J connectivity index is 1.31. The smallest absolute Gasteiger partial charge is 0.453 e. The number of Topliss-reactive ketones (excluding diaryl/α,β-unsaturated/α-hetero) is 1. The normalized spacial score (nSPS) is 15.9. The summed E-state index contributed by atoms with van der Waals surface area (Å²) in [6, 6.07) is 10.3. The van der Waals surface area contributed by atoms with E-state index in [-0.39, 0.29) is 18.0 Å². The molecule has 3 heterocycles. The Kier molecular flexibility index (Phi) is 7.04. The molecule has 0 amide bonds. The predicted octanol–water partition coefficient (Wildman–Crippen LogP) is 4.30. The topological polar surface area (TPSA) is 89.7 Å². The molecule has 1 aliphatic rings. The maximum absolute atomic E-state index is 13.1. The zero-order chi connectivity index (χ0) is 25.2. The third-order valence-corrected chi connectivity index (χ3v) is 6.41. The lowest BCUT2D eigenvalue weighted by Crippen LogP contribution is -2.38. The standard InChI is InChI=1S/C24H26F3N5O3/c1-3-15(2)16-4-6-17(7-5-16)19(33)14-35-22(34)18-10-12-31(13-11-18)21-9-8-20-28-29-23(24(25,26)27)32(20)30-21/h4-9,15,18H,3,10-14H2,1-2H3/t15-/m0/s1. The molecule has 1 fully saturated rings. The first-order valence-corrected chi connectivity index (χ1v) is 11.5. The summed E-state index contributed by atoms with van der Waals surface area (Å²) in [4.78, 5) is 26.7. The monoisotopic (exact) mass is 489 g/mol. The van der Waals surface area contributed by atoms with E-state index in [1.54, 1.807) is 23.1 Å². The van der Waals surface area contributed by atoms with Crippen molar-refractivity contribution in [3.8, 4) is 0 Å². The predicted molar refractivity (Wildman–Crippen MR) is 121 cm³/mol. The molecule has 186 valence electrons. The van der Waals surface area contributed by atoms with Crippen LogP contribution in [0.15, 0.2) is 36.4 Å². The summed E-state index contributed by atoms with van der Waals surface area (Å²) in [7, 11) is 0. The highest BCUT2D eigenvalue weighted by Gasteiger charge is 2.38. The Bertz CT molecular complexity index is 1200. The van der Waals surface area contributed by atoms with Crippen molar-refractivity contribution in [1.29, 1.82) is 0 Å².